The minimum Gasteiger partial charge on any atom is -0.481 e. The second kappa shape index (κ2) is 5.79. The van der Waals surface area contributed by atoms with E-state index >= 15 is 0 Å². The number of carboxylic acids is 1. The van der Waals surface area contributed by atoms with Crippen molar-refractivity contribution in [2.45, 2.75) is 51.5 Å². The molecule has 1 heterocycles. The van der Waals surface area contributed by atoms with Crippen LogP contribution in [0.15, 0.2) is 5.38 Å². The van der Waals surface area contributed by atoms with Gasteiger partial charge in [0.05, 0.1) is 11.5 Å². The first kappa shape index (κ1) is 14.6. The molecule has 3 atom stereocenters. The highest BCUT2D eigenvalue weighted by atomic mass is 32.1. The number of amides is 1. The summed E-state index contributed by atoms with van der Waals surface area (Å²) in [5.74, 6) is -0.350. The molecule has 0 aliphatic heterocycles. The maximum Gasteiger partial charge on any atom is 0.306 e. The van der Waals surface area contributed by atoms with Crippen molar-refractivity contribution in [1.82, 2.24) is 5.32 Å². The van der Waals surface area contributed by atoms with E-state index < -0.39 is 5.97 Å². The average molecular weight is 307 g/mol. The second-order valence-electron chi connectivity index (χ2n) is 6.42. The summed E-state index contributed by atoms with van der Waals surface area (Å²) in [7, 11) is 0. The zero-order valence-corrected chi connectivity index (χ0v) is 13.0. The predicted molar refractivity (Wildman–Crippen MR) is 81.7 cm³/mol. The Morgan fingerprint density at radius 1 is 1.33 bits per heavy atom. The summed E-state index contributed by atoms with van der Waals surface area (Å²) >= 11 is 1.69. The van der Waals surface area contributed by atoms with Crippen molar-refractivity contribution in [1.29, 1.82) is 0 Å². The molecule has 1 amide bonds. The van der Waals surface area contributed by atoms with Gasteiger partial charge in [-0.2, -0.15) is 0 Å². The van der Waals surface area contributed by atoms with Gasteiger partial charge in [-0.05, 0) is 50.0 Å². The monoisotopic (exact) mass is 307 g/mol. The topological polar surface area (TPSA) is 66.4 Å². The van der Waals surface area contributed by atoms with Crippen molar-refractivity contribution >= 4 is 23.2 Å². The minimum atomic E-state index is -0.742. The van der Waals surface area contributed by atoms with Gasteiger partial charge in [0.2, 0.25) is 0 Å². The lowest BCUT2D eigenvalue weighted by Gasteiger charge is -2.19. The van der Waals surface area contributed by atoms with E-state index in [1.807, 2.05) is 5.38 Å². The molecule has 0 bridgehead atoms. The molecule has 0 spiro atoms. The molecule has 5 heteroatoms. The van der Waals surface area contributed by atoms with Gasteiger partial charge in [0.1, 0.15) is 0 Å². The van der Waals surface area contributed by atoms with E-state index in [9.17, 15) is 9.59 Å². The summed E-state index contributed by atoms with van der Waals surface area (Å²) in [4.78, 5) is 24.8. The molecule has 0 radical (unpaired) electrons. The first-order valence-electron chi connectivity index (χ1n) is 7.67. The van der Waals surface area contributed by atoms with Gasteiger partial charge in [-0.3, -0.25) is 9.59 Å². The zero-order valence-electron chi connectivity index (χ0n) is 12.2. The highest BCUT2D eigenvalue weighted by Gasteiger charge is 2.31. The summed E-state index contributed by atoms with van der Waals surface area (Å²) in [6, 6.07) is 0.0108. The highest BCUT2D eigenvalue weighted by molar-refractivity contribution is 7.10. The third kappa shape index (κ3) is 2.98. The number of hydrogen-bond acceptors (Lipinski definition) is 3. The van der Waals surface area contributed by atoms with E-state index in [0.29, 0.717) is 18.8 Å². The number of thiophene rings is 1. The van der Waals surface area contributed by atoms with E-state index in [2.05, 4.69) is 12.2 Å². The number of aliphatic carboxylic acids is 1. The SMILES string of the molecule is CC1CCc2c(C(=O)N[C@@H]3CC[C@H](C(=O)O)C3)csc2C1. The molecule has 1 aromatic rings. The van der Waals surface area contributed by atoms with Gasteiger partial charge in [-0.25, -0.2) is 0 Å². The van der Waals surface area contributed by atoms with Gasteiger partial charge in [-0.15, -0.1) is 11.3 Å². The zero-order chi connectivity index (χ0) is 15.0. The Morgan fingerprint density at radius 2 is 2.14 bits per heavy atom. The summed E-state index contributed by atoms with van der Waals surface area (Å²) in [5.41, 5.74) is 2.05. The summed E-state index contributed by atoms with van der Waals surface area (Å²) in [5, 5.41) is 14.0. The molecular weight excluding hydrogens is 286 g/mol. The van der Waals surface area contributed by atoms with Gasteiger partial charge in [-0.1, -0.05) is 6.92 Å². The normalized spacial score (nSPS) is 28.1. The van der Waals surface area contributed by atoms with Crippen molar-refractivity contribution < 1.29 is 14.7 Å². The Hall–Kier alpha value is -1.36. The summed E-state index contributed by atoms with van der Waals surface area (Å²) < 4.78 is 0. The number of nitrogens with one attached hydrogen (secondary N) is 1. The van der Waals surface area contributed by atoms with Crippen LogP contribution in [0.2, 0.25) is 0 Å². The van der Waals surface area contributed by atoms with Gasteiger partial charge in [0.25, 0.3) is 5.91 Å². The van der Waals surface area contributed by atoms with Crippen LogP contribution in [0.5, 0.6) is 0 Å². The molecule has 2 aliphatic carbocycles. The maximum absolute atomic E-state index is 12.4. The molecule has 1 aromatic heterocycles. The molecule has 0 saturated heterocycles. The quantitative estimate of drug-likeness (QED) is 0.902. The van der Waals surface area contributed by atoms with E-state index in [-0.39, 0.29) is 17.9 Å². The lowest BCUT2D eigenvalue weighted by atomic mass is 9.88. The average Bonchev–Trinajstić information content (AvgIpc) is 3.04. The highest BCUT2D eigenvalue weighted by Crippen LogP contribution is 2.33. The van der Waals surface area contributed by atoms with Crippen LogP contribution in [0.25, 0.3) is 0 Å². The third-order valence-corrected chi connectivity index (χ3v) is 5.81. The van der Waals surface area contributed by atoms with E-state index in [1.165, 1.54) is 10.4 Å². The standard InChI is InChI=1S/C16H21NO3S/c1-9-2-5-12-13(8-21-14(12)6-9)15(18)17-11-4-3-10(7-11)16(19)20/h8-11H,2-7H2,1H3,(H,17,18)(H,19,20)/t9?,10-,11+/m0/s1. The molecule has 114 valence electrons. The van der Waals surface area contributed by atoms with Crippen LogP contribution in [0.1, 0.15) is 53.4 Å². The van der Waals surface area contributed by atoms with Crippen molar-refractivity contribution in [2.75, 3.05) is 0 Å². The Morgan fingerprint density at radius 3 is 2.86 bits per heavy atom. The molecule has 3 rings (SSSR count). The Kier molecular flexibility index (Phi) is 4.02. The Bertz CT molecular complexity index is 566. The van der Waals surface area contributed by atoms with Crippen LogP contribution in [0, 0.1) is 11.8 Å². The Labute approximate surface area is 128 Å². The third-order valence-electron chi connectivity index (χ3n) is 4.76. The minimum absolute atomic E-state index is 0.0108. The molecular formula is C16H21NO3S. The van der Waals surface area contributed by atoms with Gasteiger partial charge < -0.3 is 10.4 Å². The summed E-state index contributed by atoms with van der Waals surface area (Å²) in [6.45, 7) is 2.26. The second-order valence-corrected chi connectivity index (χ2v) is 7.38. The molecule has 1 unspecified atom stereocenters. The number of rotatable bonds is 3. The van der Waals surface area contributed by atoms with Crippen molar-refractivity contribution in [3.8, 4) is 0 Å². The molecule has 2 aliphatic rings. The van der Waals surface area contributed by atoms with Crippen molar-refractivity contribution in [3.05, 3.63) is 21.4 Å². The molecule has 4 nitrogen and oxygen atoms in total. The van der Waals surface area contributed by atoms with Crippen LogP contribution >= 0.6 is 11.3 Å². The van der Waals surface area contributed by atoms with E-state index in [0.717, 1.165) is 31.2 Å². The maximum atomic E-state index is 12.4. The fraction of sp³-hybridized carbons (Fsp3) is 0.625. The molecule has 2 N–H and O–H groups in total. The summed E-state index contributed by atoms with van der Waals surface area (Å²) in [6.07, 6.45) is 5.22. The number of carbonyl (C=O) groups excluding carboxylic acids is 1. The van der Waals surface area contributed by atoms with E-state index in [4.69, 9.17) is 5.11 Å². The largest absolute Gasteiger partial charge is 0.481 e. The van der Waals surface area contributed by atoms with Crippen LogP contribution in [-0.2, 0) is 17.6 Å². The van der Waals surface area contributed by atoms with Crippen LogP contribution in [0.3, 0.4) is 0 Å². The van der Waals surface area contributed by atoms with Gasteiger partial charge >= 0.3 is 5.97 Å². The molecule has 21 heavy (non-hydrogen) atoms. The van der Waals surface area contributed by atoms with E-state index in [1.54, 1.807) is 11.3 Å². The van der Waals surface area contributed by atoms with Crippen LogP contribution < -0.4 is 5.32 Å². The fourth-order valence-corrected chi connectivity index (χ4v) is 4.71. The number of hydrogen-bond donors (Lipinski definition) is 2. The first-order valence-corrected chi connectivity index (χ1v) is 8.55. The van der Waals surface area contributed by atoms with Gasteiger partial charge in [0.15, 0.2) is 0 Å². The van der Waals surface area contributed by atoms with Crippen LogP contribution in [-0.4, -0.2) is 23.0 Å². The fourth-order valence-electron chi connectivity index (χ4n) is 3.47. The smallest absolute Gasteiger partial charge is 0.306 e. The number of fused-ring (bicyclic) bond motifs is 1. The van der Waals surface area contributed by atoms with Crippen molar-refractivity contribution in [3.63, 3.8) is 0 Å². The predicted octanol–water partition coefficient (Wildman–Crippen LogP) is 2.86. The number of carbonyl (C=O) groups is 2. The first-order chi connectivity index (χ1) is 10.0. The Balaban J connectivity index is 1.66. The molecule has 1 fully saturated rings. The van der Waals surface area contributed by atoms with Crippen LogP contribution in [0.4, 0.5) is 0 Å². The van der Waals surface area contributed by atoms with Crippen molar-refractivity contribution in [2.24, 2.45) is 11.8 Å². The molecule has 0 aromatic carbocycles. The van der Waals surface area contributed by atoms with Gasteiger partial charge in [0, 0.05) is 16.3 Å². The lowest BCUT2D eigenvalue weighted by Crippen LogP contribution is -2.33. The number of carboxylic acid groups (broad SMARTS) is 1. The lowest BCUT2D eigenvalue weighted by molar-refractivity contribution is -0.141. The molecule has 1 saturated carbocycles.